The highest BCUT2D eigenvalue weighted by Crippen LogP contribution is 2.25. The number of carboxylic acids is 1. The maximum absolute atomic E-state index is 11.6. The van der Waals surface area contributed by atoms with E-state index in [1.807, 2.05) is 0 Å². The molecular formula is C11H18N2O4S. The first kappa shape index (κ1) is 14.8. The maximum Gasteiger partial charge on any atom is 0.308 e. The molecule has 2 unspecified atom stereocenters. The second-order valence-corrected chi connectivity index (χ2v) is 5.42. The summed E-state index contributed by atoms with van der Waals surface area (Å²) >= 11 is 1.30. The summed E-state index contributed by atoms with van der Waals surface area (Å²) in [6.07, 6.45) is 2.45. The van der Waals surface area contributed by atoms with Gasteiger partial charge in [-0.15, -0.1) is 0 Å². The van der Waals surface area contributed by atoms with Crippen molar-refractivity contribution in [2.24, 2.45) is 11.7 Å². The van der Waals surface area contributed by atoms with Gasteiger partial charge in [-0.3, -0.25) is 14.4 Å². The monoisotopic (exact) mass is 274 g/mol. The molecule has 0 spiro atoms. The van der Waals surface area contributed by atoms with Crippen LogP contribution >= 0.6 is 11.8 Å². The van der Waals surface area contributed by atoms with E-state index in [0.717, 1.165) is 12.8 Å². The fourth-order valence-electron chi connectivity index (χ4n) is 2.04. The smallest absolute Gasteiger partial charge is 0.308 e. The first-order chi connectivity index (χ1) is 8.50. The summed E-state index contributed by atoms with van der Waals surface area (Å²) in [5, 5.41) is 11.7. The number of nitrogens with two attached hydrogens (primary N) is 1. The molecule has 0 aromatic carbocycles. The fourth-order valence-corrected chi connectivity index (χ4v) is 2.72. The first-order valence-electron chi connectivity index (χ1n) is 5.89. The predicted molar refractivity (Wildman–Crippen MR) is 68.0 cm³/mol. The molecule has 2 atom stereocenters. The fraction of sp³-hybridized carbons (Fsp3) is 0.727. The molecule has 4 N–H and O–H groups in total. The third kappa shape index (κ3) is 4.95. The SMILES string of the molecule is NC(=O)CSCCC(=O)NC1CCCC1C(=O)O. The first-order valence-corrected chi connectivity index (χ1v) is 7.04. The number of nitrogens with one attached hydrogen (secondary N) is 1. The number of hydrogen-bond donors (Lipinski definition) is 3. The van der Waals surface area contributed by atoms with Gasteiger partial charge in [0.1, 0.15) is 0 Å². The van der Waals surface area contributed by atoms with Crippen LogP contribution in [0.5, 0.6) is 0 Å². The molecule has 0 radical (unpaired) electrons. The quantitative estimate of drug-likeness (QED) is 0.564. The third-order valence-corrected chi connectivity index (χ3v) is 3.88. The van der Waals surface area contributed by atoms with Gasteiger partial charge >= 0.3 is 5.97 Å². The molecule has 0 aliphatic heterocycles. The molecule has 102 valence electrons. The van der Waals surface area contributed by atoms with Gasteiger partial charge in [-0.2, -0.15) is 11.8 Å². The molecule has 7 heteroatoms. The predicted octanol–water partition coefficient (Wildman–Crippen LogP) is -0.0355. The van der Waals surface area contributed by atoms with Gasteiger partial charge in [-0.1, -0.05) is 6.42 Å². The average molecular weight is 274 g/mol. The molecule has 1 fully saturated rings. The summed E-state index contributed by atoms with van der Waals surface area (Å²) in [6.45, 7) is 0. The number of carbonyl (C=O) groups excluding carboxylic acids is 2. The molecule has 6 nitrogen and oxygen atoms in total. The molecule has 0 saturated heterocycles. The van der Waals surface area contributed by atoms with E-state index >= 15 is 0 Å². The molecular weight excluding hydrogens is 256 g/mol. The number of aliphatic carboxylic acids is 1. The zero-order chi connectivity index (χ0) is 13.5. The lowest BCUT2D eigenvalue weighted by atomic mass is 10.0. The van der Waals surface area contributed by atoms with Crippen LogP contribution in [0.4, 0.5) is 0 Å². The standard InChI is InChI=1S/C11H18N2O4S/c12-9(14)6-18-5-4-10(15)13-8-3-1-2-7(8)11(16)17/h7-8H,1-6H2,(H2,12,14)(H,13,15)(H,16,17). The van der Waals surface area contributed by atoms with Crippen molar-refractivity contribution in [2.45, 2.75) is 31.7 Å². The lowest BCUT2D eigenvalue weighted by Crippen LogP contribution is -2.40. The second-order valence-electron chi connectivity index (χ2n) is 4.32. The zero-order valence-electron chi connectivity index (χ0n) is 10.1. The van der Waals surface area contributed by atoms with Gasteiger partial charge < -0.3 is 16.2 Å². The number of thioether (sulfide) groups is 1. The average Bonchev–Trinajstić information content (AvgIpc) is 2.72. The van der Waals surface area contributed by atoms with E-state index in [4.69, 9.17) is 10.8 Å². The normalized spacial score (nSPS) is 22.7. The minimum Gasteiger partial charge on any atom is -0.481 e. The van der Waals surface area contributed by atoms with E-state index in [1.165, 1.54) is 11.8 Å². The van der Waals surface area contributed by atoms with Crippen molar-refractivity contribution in [2.75, 3.05) is 11.5 Å². The molecule has 18 heavy (non-hydrogen) atoms. The number of amides is 2. The number of rotatable bonds is 7. The summed E-state index contributed by atoms with van der Waals surface area (Å²) in [5.41, 5.74) is 4.97. The van der Waals surface area contributed by atoms with Crippen LogP contribution in [-0.4, -0.2) is 40.4 Å². The van der Waals surface area contributed by atoms with E-state index in [-0.39, 0.29) is 24.1 Å². The lowest BCUT2D eigenvalue weighted by molar-refractivity contribution is -0.142. The van der Waals surface area contributed by atoms with Gasteiger partial charge in [0.25, 0.3) is 0 Å². The van der Waals surface area contributed by atoms with Crippen LogP contribution in [0.2, 0.25) is 0 Å². The molecule has 0 bridgehead atoms. The maximum atomic E-state index is 11.6. The van der Waals surface area contributed by atoms with Crippen molar-refractivity contribution in [3.8, 4) is 0 Å². The minimum absolute atomic E-state index is 0.162. The molecule has 1 rings (SSSR count). The largest absolute Gasteiger partial charge is 0.481 e. The number of carbonyl (C=O) groups is 3. The zero-order valence-corrected chi connectivity index (χ0v) is 10.9. The Labute approximate surface area is 110 Å². The van der Waals surface area contributed by atoms with E-state index in [9.17, 15) is 14.4 Å². The Kier molecular flexibility index (Phi) is 5.97. The van der Waals surface area contributed by atoms with Gasteiger partial charge in [0.05, 0.1) is 11.7 Å². The van der Waals surface area contributed by atoms with E-state index in [2.05, 4.69) is 5.32 Å². The highest BCUT2D eigenvalue weighted by molar-refractivity contribution is 7.99. The third-order valence-electron chi connectivity index (χ3n) is 2.90. The molecule has 0 aromatic rings. The van der Waals surface area contributed by atoms with Crippen LogP contribution in [0.25, 0.3) is 0 Å². The number of hydrogen-bond acceptors (Lipinski definition) is 4. The van der Waals surface area contributed by atoms with Crippen molar-refractivity contribution in [3.63, 3.8) is 0 Å². The highest BCUT2D eigenvalue weighted by Gasteiger charge is 2.33. The van der Waals surface area contributed by atoms with Crippen LogP contribution < -0.4 is 11.1 Å². The Morgan fingerprint density at radius 2 is 2.06 bits per heavy atom. The Morgan fingerprint density at radius 3 is 2.67 bits per heavy atom. The summed E-state index contributed by atoms with van der Waals surface area (Å²) in [7, 11) is 0. The molecule has 1 aliphatic carbocycles. The summed E-state index contributed by atoms with van der Waals surface area (Å²) in [4.78, 5) is 33.0. The molecule has 0 aromatic heterocycles. The topological polar surface area (TPSA) is 109 Å². The summed E-state index contributed by atoms with van der Waals surface area (Å²) in [6, 6.07) is -0.254. The minimum atomic E-state index is -0.846. The molecule has 1 saturated carbocycles. The van der Waals surface area contributed by atoms with Crippen LogP contribution in [0.3, 0.4) is 0 Å². The Hall–Kier alpha value is -1.24. The van der Waals surface area contributed by atoms with Crippen molar-refractivity contribution < 1.29 is 19.5 Å². The second kappa shape index (κ2) is 7.25. The number of carboxylic acid groups (broad SMARTS) is 1. The van der Waals surface area contributed by atoms with Crippen molar-refractivity contribution in [3.05, 3.63) is 0 Å². The lowest BCUT2D eigenvalue weighted by Gasteiger charge is -2.17. The van der Waals surface area contributed by atoms with Gasteiger partial charge in [0.2, 0.25) is 11.8 Å². The van der Waals surface area contributed by atoms with E-state index in [0.29, 0.717) is 12.2 Å². The Bertz CT molecular complexity index is 335. The Balaban J connectivity index is 2.23. The summed E-state index contributed by atoms with van der Waals surface area (Å²) in [5.74, 6) is -1.16. The van der Waals surface area contributed by atoms with Crippen molar-refractivity contribution in [1.82, 2.24) is 5.32 Å². The number of primary amides is 1. The molecule has 2 amide bonds. The van der Waals surface area contributed by atoms with E-state index in [1.54, 1.807) is 0 Å². The van der Waals surface area contributed by atoms with Gasteiger partial charge in [0.15, 0.2) is 0 Å². The van der Waals surface area contributed by atoms with Gasteiger partial charge in [0, 0.05) is 18.2 Å². The van der Waals surface area contributed by atoms with Crippen molar-refractivity contribution in [1.29, 1.82) is 0 Å². The van der Waals surface area contributed by atoms with E-state index < -0.39 is 17.8 Å². The summed E-state index contributed by atoms with van der Waals surface area (Å²) < 4.78 is 0. The van der Waals surface area contributed by atoms with Crippen LogP contribution in [-0.2, 0) is 14.4 Å². The Morgan fingerprint density at radius 1 is 1.33 bits per heavy atom. The van der Waals surface area contributed by atoms with Crippen LogP contribution in [0.1, 0.15) is 25.7 Å². The van der Waals surface area contributed by atoms with Crippen LogP contribution in [0.15, 0.2) is 0 Å². The molecule has 0 heterocycles. The highest BCUT2D eigenvalue weighted by atomic mass is 32.2. The van der Waals surface area contributed by atoms with Crippen LogP contribution in [0, 0.1) is 5.92 Å². The van der Waals surface area contributed by atoms with Crippen molar-refractivity contribution >= 4 is 29.5 Å². The van der Waals surface area contributed by atoms with Gasteiger partial charge in [-0.05, 0) is 12.8 Å². The molecule has 1 aliphatic rings. The van der Waals surface area contributed by atoms with Gasteiger partial charge in [-0.25, -0.2) is 0 Å².